The van der Waals surface area contributed by atoms with Crippen molar-refractivity contribution in [2.45, 2.75) is 20.3 Å². The molecule has 0 aliphatic carbocycles. The number of aliphatic hydroxyl groups excluding tert-OH is 1. The molecule has 2 N–H and O–H groups in total. The predicted molar refractivity (Wildman–Crippen MR) is 98.2 cm³/mol. The van der Waals surface area contributed by atoms with Crippen LogP contribution >= 0.6 is 0 Å². The normalized spacial score (nSPS) is 11.1. The van der Waals surface area contributed by atoms with Gasteiger partial charge in [-0.1, -0.05) is 25.1 Å². The molecule has 0 saturated carbocycles. The summed E-state index contributed by atoms with van der Waals surface area (Å²) in [5.74, 6) is -0.206. The Kier molecular flexibility index (Phi) is 6.55. The second-order valence-electron chi connectivity index (χ2n) is 5.89. The van der Waals surface area contributed by atoms with Crippen LogP contribution in [-0.2, 0) is 11.8 Å². The van der Waals surface area contributed by atoms with Crippen LogP contribution in [0.1, 0.15) is 19.0 Å². The van der Waals surface area contributed by atoms with E-state index in [0.29, 0.717) is 24.5 Å². The summed E-state index contributed by atoms with van der Waals surface area (Å²) in [5, 5.41) is 11.7. The van der Waals surface area contributed by atoms with E-state index >= 15 is 0 Å². The minimum atomic E-state index is -0.248. The highest BCUT2D eigenvalue weighted by Gasteiger charge is 2.18. The minimum Gasteiger partial charge on any atom is -0.395 e. The van der Waals surface area contributed by atoms with Crippen molar-refractivity contribution < 1.29 is 9.90 Å². The Morgan fingerprint density at radius 3 is 2.52 bits per heavy atom. The molecule has 1 heterocycles. The Bertz CT molecular complexity index is 765. The number of benzene rings is 1. The standard InChI is InChI=1S/C18H26N4O3/c1-4-21(12-13-23)11-10-16(24)19-17-14(2)20(3)22(18(17)25)15-8-6-5-7-9-15/h5-9,23H,4,10-13H2,1-3H3,(H,19,24). The molecule has 0 atom stereocenters. The van der Waals surface area contributed by atoms with Gasteiger partial charge >= 0.3 is 0 Å². The lowest BCUT2D eigenvalue weighted by Crippen LogP contribution is -2.31. The molecule has 25 heavy (non-hydrogen) atoms. The molecule has 1 aromatic carbocycles. The molecule has 0 radical (unpaired) electrons. The molecule has 2 aromatic rings. The molecule has 136 valence electrons. The highest BCUT2D eigenvalue weighted by molar-refractivity contribution is 5.91. The average molecular weight is 346 g/mol. The number of carbonyl (C=O) groups excluding carboxylic acids is 1. The van der Waals surface area contributed by atoms with Gasteiger partial charge < -0.3 is 15.3 Å². The van der Waals surface area contributed by atoms with Crippen molar-refractivity contribution in [1.29, 1.82) is 0 Å². The lowest BCUT2D eigenvalue weighted by atomic mass is 10.3. The quantitative estimate of drug-likeness (QED) is 0.751. The summed E-state index contributed by atoms with van der Waals surface area (Å²) in [6.45, 7) is 5.69. The van der Waals surface area contributed by atoms with Crippen molar-refractivity contribution in [3.05, 3.63) is 46.4 Å². The Morgan fingerprint density at radius 2 is 1.92 bits per heavy atom. The van der Waals surface area contributed by atoms with Crippen LogP contribution in [0.25, 0.3) is 5.69 Å². The highest BCUT2D eigenvalue weighted by atomic mass is 16.3. The summed E-state index contributed by atoms with van der Waals surface area (Å²) >= 11 is 0. The Morgan fingerprint density at radius 1 is 1.24 bits per heavy atom. The van der Waals surface area contributed by atoms with Crippen molar-refractivity contribution in [2.75, 3.05) is 31.6 Å². The van der Waals surface area contributed by atoms with Gasteiger partial charge in [0.1, 0.15) is 5.69 Å². The van der Waals surface area contributed by atoms with Crippen LogP contribution in [-0.4, -0.2) is 51.5 Å². The Hall–Kier alpha value is -2.38. The zero-order chi connectivity index (χ0) is 18.4. The van der Waals surface area contributed by atoms with Crippen LogP contribution in [0.5, 0.6) is 0 Å². The Labute approximate surface area is 147 Å². The van der Waals surface area contributed by atoms with Gasteiger partial charge in [-0.2, -0.15) is 0 Å². The maximum atomic E-state index is 12.7. The molecular formula is C18H26N4O3. The van der Waals surface area contributed by atoms with E-state index in [1.165, 1.54) is 4.68 Å². The number of rotatable bonds is 8. The molecule has 0 bridgehead atoms. The van der Waals surface area contributed by atoms with Crippen molar-refractivity contribution in [3.8, 4) is 5.69 Å². The van der Waals surface area contributed by atoms with E-state index in [4.69, 9.17) is 5.11 Å². The summed E-state index contributed by atoms with van der Waals surface area (Å²) in [7, 11) is 1.79. The molecule has 0 saturated heterocycles. The third-order valence-corrected chi connectivity index (χ3v) is 4.34. The van der Waals surface area contributed by atoms with E-state index in [1.807, 2.05) is 42.2 Å². The fourth-order valence-electron chi connectivity index (χ4n) is 2.74. The topological polar surface area (TPSA) is 79.5 Å². The minimum absolute atomic E-state index is 0.0645. The number of anilines is 1. The molecule has 0 fully saturated rings. The van der Waals surface area contributed by atoms with Gasteiger partial charge in [-0.25, -0.2) is 4.68 Å². The molecule has 0 unspecified atom stereocenters. The van der Waals surface area contributed by atoms with Crippen LogP contribution < -0.4 is 10.9 Å². The molecule has 2 rings (SSSR count). The first-order chi connectivity index (χ1) is 12.0. The molecule has 0 spiro atoms. The van der Waals surface area contributed by atoms with Gasteiger partial charge in [0.05, 0.1) is 18.0 Å². The van der Waals surface area contributed by atoms with Gasteiger partial charge in [-0.05, 0) is 25.6 Å². The van der Waals surface area contributed by atoms with Crippen LogP contribution in [0.2, 0.25) is 0 Å². The lowest BCUT2D eigenvalue weighted by molar-refractivity contribution is -0.116. The monoisotopic (exact) mass is 346 g/mol. The number of aromatic nitrogens is 2. The average Bonchev–Trinajstić information content (AvgIpc) is 2.82. The zero-order valence-electron chi connectivity index (χ0n) is 15.0. The summed E-state index contributed by atoms with van der Waals surface area (Å²) in [5.41, 5.74) is 1.51. The van der Waals surface area contributed by atoms with E-state index in [2.05, 4.69) is 5.32 Å². The number of nitrogens with zero attached hydrogens (tertiary/aromatic N) is 3. The largest absolute Gasteiger partial charge is 0.395 e. The van der Waals surface area contributed by atoms with Crippen LogP contribution in [0, 0.1) is 6.92 Å². The number of carbonyl (C=O) groups is 1. The van der Waals surface area contributed by atoms with Gasteiger partial charge in [0.2, 0.25) is 5.91 Å². The van der Waals surface area contributed by atoms with Gasteiger partial charge in [0.15, 0.2) is 0 Å². The fraction of sp³-hybridized carbons (Fsp3) is 0.444. The number of aliphatic hydroxyl groups is 1. The molecule has 0 aliphatic heterocycles. The summed E-state index contributed by atoms with van der Waals surface area (Å²) in [6.07, 6.45) is 0.271. The predicted octanol–water partition coefficient (Wildman–Crippen LogP) is 1.13. The molecule has 7 heteroatoms. The molecular weight excluding hydrogens is 320 g/mol. The fourth-order valence-corrected chi connectivity index (χ4v) is 2.74. The summed E-state index contributed by atoms with van der Waals surface area (Å²) < 4.78 is 3.27. The van der Waals surface area contributed by atoms with E-state index in [-0.39, 0.29) is 24.5 Å². The summed E-state index contributed by atoms with van der Waals surface area (Å²) in [6, 6.07) is 9.31. The molecule has 7 nitrogen and oxygen atoms in total. The first kappa shape index (κ1) is 19.0. The number of para-hydroxylation sites is 1. The third kappa shape index (κ3) is 4.37. The Balaban J connectivity index is 2.15. The van der Waals surface area contributed by atoms with Gasteiger partial charge in [0.25, 0.3) is 5.56 Å². The first-order valence-corrected chi connectivity index (χ1v) is 8.46. The van der Waals surface area contributed by atoms with Crippen molar-refractivity contribution >= 4 is 11.6 Å². The van der Waals surface area contributed by atoms with E-state index < -0.39 is 0 Å². The molecule has 1 aromatic heterocycles. The van der Waals surface area contributed by atoms with Crippen molar-refractivity contribution in [1.82, 2.24) is 14.3 Å². The third-order valence-electron chi connectivity index (χ3n) is 4.34. The lowest BCUT2D eigenvalue weighted by Gasteiger charge is -2.18. The van der Waals surface area contributed by atoms with E-state index in [9.17, 15) is 9.59 Å². The summed E-state index contributed by atoms with van der Waals surface area (Å²) in [4.78, 5) is 27.0. The maximum Gasteiger partial charge on any atom is 0.295 e. The van der Waals surface area contributed by atoms with Crippen LogP contribution in [0.3, 0.4) is 0 Å². The van der Waals surface area contributed by atoms with Crippen molar-refractivity contribution in [3.63, 3.8) is 0 Å². The number of nitrogens with one attached hydrogen (secondary N) is 1. The zero-order valence-corrected chi connectivity index (χ0v) is 15.0. The second-order valence-corrected chi connectivity index (χ2v) is 5.89. The molecule has 0 aliphatic rings. The maximum absolute atomic E-state index is 12.7. The van der Waals surface area contributed by atoms with Crippen LogP contribution in [0.15, 0.2) is 35.1 Å². The number of hydrogen-bond acceptors (Lipinski definition) is 4. The molecule has 1 amide bonds. The highest BCUT2D eigenvalue weighted by Crippen LogP contribution is 2.14. The van der Waals surface area contributed by atoms with Gasteiger partial charge in [0, 0.05) is 26.6 Å². The SMILES string of the molecule is CCN(CCO)CCC(=O)Nc1c(C)n(C)n(-c2ccccc2)c1=O. The first-order valence-electron chi connectivity index (χ1n) is 8.46. The number of hydrogen-bond donors (Lipinski definition) is 2. The van der Waals surface area contributed by atoms with Crippen LogP contribution in [0.4, 0.5) is 5.69 Å². The van der Waals surface area contributed by atoms with E-state index in [1.54, 1.807) is 18.7 Å². The van der Waals surface area contributed by atoms with Gasteiger partial charge in [-0.15, -0.1) is 0 Å². The van der Waals surface area contributed by atoms with E-state index in [0.717, 1.165) is 12.2 Å². The van der Waals surface area contributed by atoms with Crippen molar-refractivity contribution in [2.24, 2.45) is 7.05 Å². The van der Waals surface area contributed by atoms with Gasteiger partial charge in [-0.3, -0.25) is 14.3 Å². The smallest absolute Gasteiger partial charge is 0.295 e. The number of likely N-dealkylation sites (N-methyl/N-ethyl adjacent to an activating group) is 1. The second kappa shape index (κ2) is 8.64. The number of amides is 1.